The number of aromatic carboxylic acids is 1. The van der Waals surface area contributed by atoms with Crippen LogP contribution in [-0.4, -0.2) is 17.1 Å². The minimum Gasteiger partial charge on any atom is -0.478 e. The van der Waals surface area contributed by atoms with Crippen molar-refractivity contribution in [2.24, 2.45) is 0 Å². The van der Waals surface area contributed by atoms with Crippen molar-refractivity contribution in [3.05, 3.63) is 59.7 Å². The van der Waals surface area contributed by atoms with Crippen LogP contribution in [0.25, 0.3) is 0 Å². The van der Waals surface area contributed by atoms with Crippen LogP contribution in [0.3, 0.4) is 0 Å². The molecule has 3 rings (SSSR count). The van der Waals surface area contributed by atoms with E-state index in [1.165, 1.54) is 11.6 Å². The summed E-state index contributed by atoms with van der Waals surface area (Å²) in [5.74, 6) is -0.523. The van der Waals surface area contributed by atoms with Crippen molar-refractivity contribution < 1.29 is 9.90 Å². The SMILES string of the molecule is Nc1c(NC2CC2c2ccccc2)cccc1C(=O)O. The number of nitrogen functional groups attached to an aromatic ring is 1. The highest BCUT2D eigenvalue weighted by Crippen LogP contribution is 2.43. The number of para-hydroxylation sites is 1. The second kappa shape index (κ2) is 4.89. The molecule has 0 bridgehead atoms. The molecule has 1 fully saturated rings. The van der Waals surface area contributed by atoms with Crippen molar-refractivity contribution >= 4 is 17.3 Å². The number of hydrogen-bond donors (Lipinski definition) is 3. The number of carbonyl (C=O) groups is 1. The summed E-state index contributed by atoms with van der Waals surface area (Å²) in [5.41, 5.74) is 8.36. The van der Waals surface area contributed by atoms with Crippen molar-refractivity contribution in [3.8, 4) is 0 Å². The van der Waals surface area contributed by atoms with Crippen LogP contribution in [0.2, 0.25) is 0 Å². The standard InChI is InChI=1S/C16H16N2O2/c17-15-11(16(19)20)7-4-8-13(15)18-14-9-12(14)10-5-2-1-3-6-10/h1-8,12,14,18H,9,17H2,(H,19,20). The van der Waals surface area contributed by atoms with Gasteiger partial charge >= 0.3 is 5.97 Å². The molecule has 102 valence electrons. The van der Waals surface area contributed by atoms with E-state index < -0.39 is 5.97 Å². The van der Waals surface area contributed by atoms with Gasteiger partial charge in [0.15, 0.2) is 0 Å². The van der Waals surface area contributed by atoms with Crippen molar-refractivity contribution in [1.29, 1.82) is 0 Å². The zero-order valence-electron chi connectivity index (χ0n) is 10.9. The Labute approximate surface area is 117 Å². The lowest BCUT2D eigenvalue weighted by Gasteiger charge is -2.11. The van der Waals surface area contributed by atoms with Crippen molar-refractivity contribution in [2.45, 2.75) is 18.4 Å². The lowest BCUT2D eigenvalue weighted by molar-refractivity contribution is 0.0698. The highest BCUT2D eigenvalue weighted by molar-refractivity contribution is 5.97. The Morgan fingerprint density at radius 1 is 1.15 bits per heavy atom. The van der Waals surface area contributed by atoms with Crippen molar-refractivity contribution in [1.82, 2.24) is 0 Å². The van der Waals surface area contributed by atoms with Gasteiger partial charge in [0, 0.05) is 12.0 Å². The van der Waals surface area contributed by atoms with E-state index >= 15 is 0 Å². The molecule has 2 atom stereocenters. The van der Waals surface area contributed by atoms with Gasteiger partial charge in [-0.15, -0.1) is 0 Å². The van der Waals surface area contributed by atoms with E-state index in [4.69, 9.17) is 10.8 Å². The maximum Gasteiger partial charge on any atom is 0.337 e. The molecule has 0 spiro atoms. The maximum absolute atomic E-state index is 11.1. The number of rotatable bonds is 4. The van der Waals surface area contributed by atoms with Crippen LogP contribution in [0.1, 0.15) is 28.3 Å². The van der Waals surface area contributed by atoms with Crippen LogP contribution < -0.4 is 11.1 Å². The summed E-state index contributed by atoms with van der Waals surface area (Å²) < 4.78 is 0. The Morgan fingerprint density at radius 3 is 2.60 bits per heavy atom. The van der Waals surface area contributed by atoms with E-state index in [0.717, 1.165) is 6.42 Å². The molecule has 0 saturated heterocycles. The molecule has 2 aromatic rings. The van der Waals surface area contributed by atoms with Crippen LogP contribution in [0, 0.1) is 0 Å². The topological polar surface area (TPSA) is 75.3 Å². The smallest absolute Gasteiger partial charge is 0.337 e. The fraction of sp³-hybridized carbons (Fsp3) is 0.188. The summed E-state index contributed by atoms with van der Waals surface area (Å²) in [4.78, 5) is 11.1. The van der Waals surface area contributed by atoms with Gasteiger partial charge in [-0.25, -0.2) is 4.79 Å². The van der Waals surface area contributed by atoms with E-state index in [1.807, 2.05) is 24.3 Å². The van der Waals surface area contributed by atoms with Gasteiger partial charge in [0.05, 0.1) is 16.9 Å². The number of nitrogens with two attached hydrogens (primary N) is 1. The van der Waals surface area contributed by atoms with Crippen LogP contribution >= 0.6 is 0 Å². The van der Waals surface area contributed by atoms with Gasteiger partial charge in [0.2, 0.25) is 0 Å². The Kier molecular flexibility index (Phi) is 3.06. The van der Waals surface area contributed by atoms with E-state index in [1.54, 1.807) is 6.07 Å². The highest BCUT2D eigenvalue weighted by atomic mass is 16.4. The fourth-order valence-corrected chi connectivity index (χ4v) is 2.50. The first-order chi connectivity index (χ1) is 9.66. The van der Waals surface area contributed by atoms with E-state index in [0.29, 0.717) is 23.3 Å². The molecule has 1 aliphatic rings. The largest absolute Gasteiger partial charge is 0.478 e. The van der Waals surface area contributed by atoms with Gasteiger partial charge in [-0.05, 0) is 24.1 Å². The lowest BCUT2D eigenvalue weighted by atomic mass is 10.1. The minimum atomic E-state index is -0.999. The summed E-state index contributed by atoms with van der Waals surface area (Å²) in [7, 11) is 0. The maximum atomic E-state index is 11.1. The molecule has 1 saturated carbocycles. The van der Waals surface area contributed by atoms with Crippen LogP contribution in [-0.2, 0) is 0 Å². The average Bonchev–Trinajstić information content (AvgIpc) is 3.21. The van der Waals surface area contributed by atoms with Crippen LogP contribution in [0.15, 0.2) is 48.5 Å². The van der Waals surface area contributed by atoms with Gasteiger partial charge in [-0.3, -0.25) is 0 Å². The lowest BCUT2D eigenvalue weighted by Crippen LogP contribution is -2.10. The van der Waals surface area contributed by atoms with Gasteiger partial charge in [0.25, 0.3) is 0 Å². The first-order valence-corrected chi connectivity index (χ1v) is 6.60. The third-order valence-corrected chi connectivity index (χ3v) is 3.70. The predicted molar refractivity (Wildman–Crippen MR) is 79.0 cm³/mol. The van der Waals surface area contributed by atoms with Gasteiger partial charge in [0.1, 0.15) is 0 Å². The molecule has 20 heavy (non-hydrogen) atoms. The molecule has 0 aromatic heterocycles. The molecule has 1 aliphatic carbocycles. The first kappa shape index (κ1) is 12.5. The van der Waals surface area contributed by atoms with Crippen LogP contribution in [0.4, 0.5) is 11.4 Å². The van der Waals surface area contributed by atoms with E-state index in [2.05, 4.69) is 17.4 Å². The van der Waals surface area contributed by atoms with E-state index in [-0.39, 0.29) is 5.56 Å². The predicted octanol–water partition coefficient (Wildman–Crippen LogP) is 2.94. The van der Waals surface area contributed by atoms with Gasteiger partial charge in [-0.2, -0.15) is 0 Å². The molecule has 4 heteroatoms. The van der Waals surface area contributed by atoms with Crippen molar-refractivity contribution in [3.63, 3.8) is 0 Å². The third kappa shape index (κ3) is 2.32. The molecule has 0 amide bonds. The summed E-state index contributed by atoms with van der Waals surface area (Å²) >= 11 is 0. The monoisotopic (exact) mass is 268 g/mol. The normalized spacial score (nSPS) is 20.4. The summed E-state index contributed by atoms with van der Waals surface area (Å²) in [6.07, 6.45) is 1.04. The number of nitrogens with one attached hydrogen (secondary N) is 1. The number of hydrogen-bond acceptors (Lipinski definition) is 3. The quantitative estimate of drug-likeness (QED) is 0.745. The molecular weight excluding hydrogens is 252 g/mol. The molecule has 0 heterocycles. The molecule has 2 aromatic carbocycles. The Balaban J connectivity index is 1.75. The highest BCUT2D eigenvalue weighted by Gasteiger charge is 2.38. The molecule has 4 N–H and O–H groups in total. The minimum absolute atomic E-state index is 0.145. The van der Waals surface area contributed by atoms with E-state index in [9.17, 15) is 4.79 Å². The van der Waals surface area contributed by atoms with Crippen molar-refractivity contribution in [2.75, 3.05) is 11.1 Å². The number of anilines is 2. The number of carboxylic acids is 1. The Bertz CT molecular complexity index is 640. The van der Waals surface area contributed by atoms with Gasteiger partial charge in [-0.1, -0.05) is 36.4 Å². The zero-order chi connectivity index (χ0) is 14.1. The summed E-state index contributed by atoms with van der Waals surface area (Å²) in [6, 6.07) is 15.7. The van der Waals surface area contributed by atoms with Crippen LogP contribution in [0.5, 0.6) is 0 Å². The molecular formula is C16H16N2O2. The second-order valence-electron chi connectivity index (χ2n) is 5.08. The molecule has 4 nitrogen and oxygen atoms in total. The summed E-state index contributed by atoms with van der Waals surface area (Å²) in [6.45, 7) is 0. The van der Waals surface area contributed by atoms with Gasteiger partial charge < -0.3 is 16.2 Å². The first-order valence-electron chi connectivity index (χ1n) is 6.60. The molecule has 0 radical (unpaired) electrons. The Morgan fingerprint density at radius 2 is 1.90 bits per heavy atom. The average molecular weight is 268 g/mol. The number of carboxylic acid groups (broad SMARTS) is 1. The third-order valence-electron chi connectivity index (χ3n) is 3.70. The second-order valence-corrected chi connectivity index (χ2v) is 5.08. The zero-order valence-corrected chi connectivity index (χ0v) is 10.9. The fourth-order valence-electron chi connectivity index (χ4n) is 2.50. The summed E-state index contributed by atoms with van der Waals surface area (Å²) in [5, 5.41) is 12.4. The Hall–Kier alpha value is -2.49. The number of benzene rings is 2. The molecule has 2 unspecified atom stereocenters. The molecule has 0 aliphatic heterocycles.